The molecular weight excluding hydrogens is 404 g/mol. The topological polar surface area (TPSA) is 102 Å². The molecule has 3 amide bonds. The normalized spacial score (nSPS) is 11.4. The highest BCUT2D eigenvalue weighted by molar-refractivity contribution is 7.98. The summed E-state index contributed by atoms with van der Waals surface area (Å²) in [6.45, 7) is 0. The van der Waals surface area contributed by atoms with E-state index in [0.717, 1.165) is 5.69 Å². The molecule has 1 aromatic heterocycles. The maximum absolute atomic E-state index is 13.0. The SMILES string of the molecule is CNC(=O)NC(=O)C(OC(=O)c1cnc(SC)n1-c1ccccc1)c1ccccc1. The van der Waals surface area contributed by atoms with E-state index in [1.807, 2.05) is 36.6 Å². The molecule has 2 N–H and O–H groups in total. The average Bonchev–Trinajstić information content (AvgIpc) is 3.22. The van der Waals surface area contributed by atoms with Crippen molar-refractivity contribution in [2.75, 3.05) is 13.3 Å². The van der Waals surface area contributed by atoms with Crippen molar-refractivity contribution in [3.63, 3.8) is 0 Å². The van der Waals surface area contributed by atoms with Gasteiger partial charge in [0.25, 0.3) is 5.91 Å². The summed E-state index contributed by atoms with van der Waals surface area (Å²) in [5, 5.41) is 5.05. The molecule has 0 spiro atoms. The number of imidazole rings is 1. The first-order chi connectivity index (χ1) is 14.5. The summed E-state index contributed by atoms with van der Waals surface area (Å²) in [6.07, 6.45) is 1.94. The van der Waals surface area contributed by atoms with Gasteiger partial charge < -0.3 is 10.1 Å². The third-order valence-electron chi connectivity index (χ3n) is 4.16. The van der Waals surface area contributed by atoms with E-state index in [2.05, 4.69) is 15.6 Å². The second-order valence-corrected chi connectivity index (χ2v) is 6.84. The Morgan fingerprint density at radius 2 is 1.67 bits per heavy atom. The number of esters is 1. The fourth-order valence-electron chi connectivity index (χ4n) is 2.76. The van der Waals surface area contributed by atoms with E-state index < -0.39 is 24.0 Å². The van der Waals surface area contributed by atoms with E-state index in [1.54, 1.807) is 34.9 Å². The number of carbonyl (C=O) groups excluding carboxylic acids is 3. The van der Waals surface area contributed by atoms with Gasteiger partial charge in [-0.15, -0.1) is 0 Å². The molecule has 0 aliphatic heterocycles. The Kier molecular flexibility index (Phi) is 6.87. The van der Waals surface area contributed by atoms with Crippen LogP contribution in [0.2, 0.25) is 0 Å². The number of thioether (sulfide) groups is 1. The van der Waals surface area contributed by atoms with Crippen LogP contribution in [0.25, 0.3) is 5.69 Å². The van der Waals surface area contributed by atoms with Gasteiger partial charge in [-0.3, -0.25) is 14.7 Å². The van der Waals surface area contributed by atoms with Gasteiger partial charge in [0.05, 0.1) is 6.20 Å². The maximum Gasteiger partial charge on any atom is 0.358 e. The number of aromatic nitrogens is 2. The third kappa shape index (κ3) is 4.69. The number of hydrogen-bond acceptors (Lipinski definition) is 6. The second kappa shape index (κ2) is 9.75. The predicted octanol–water partition coefficient (Wildman–Crippen LogP) is 2.95. The minimum Gasteiger partial charge on any atom is -0.443 e. The molecule has 1 heterocycles. The molecule has 0 saturated carbocycles. The number of benzene rings is 2. The van der Waals surface area contributed by atoms with Gasteiger partial charge >= 0.3 is 12.0 Å². The number of para-hydroxylation sites is 1. The van der Waals surface area contributed by atoms with Gasteiger partial charge in [0.1, 0.15) is 0 Å². The van der Waals surface area contributed by atoms with E-state index in [-0.39, 0.29) is 5.69 Å². The van der Waals surface area contributed by atoms with Crippen molar-refractivity contribution < 1.29 is 19.1 Å². The zero-order valence-corrected chi connectivity index (χ0v) is 17.2. The lowest BCUT2D eigenvalue weighted by atomic mass is 10.1. The maximum atomic E-state index is 13.0. The van der Waals surface area contributed by atoms with Gasteiger partial charge in [-0.25, -0.2) is 14.6 Å². The molecule has 0 aliphatic carbocycles. The molecule has 3 rings (SSSR count). The molecular formula is C21H20N4O4S. The summed E-state index contributed by atoms with van der Waals surface area (Å²) in [6, 6.07) is 17.0. The third-order valence-corrected chi connectivity index (χ3v) is 4.82. The molecule has 9 heteroatoms. The fourth-order valence-corrected chi connectivity index (χ4v) is 3.30. The Bertz CT molecular complexity index is 1040. The smallest absolute Gasteiger partial charge is 0.358 e. The van der Waals surface area contributed by atoms with Crippen LogP contribution in [-0.4, -0.2) is 40.8 Å². The average molecular weight is 424 g/mol. The lowest BCUT2D eigenvalue weighted by molar-refractivity contribution is -0.129. The van der Waals surface area contributed by atoms with Crippen LogP contribution < -0.4 is 10.6 Å². The first-order valence-corrected chi connectivity index (χ1v) is 10.2. The lowest BCUT2D eigenvalue weighted by Gasteiger charge is -2.18. The van der Waals surface area contributed by atoms with Gasteiger partial charge in [-0.2, -0.15) is 0 Å². The Balaban J connectivity index is 1.94. The Morgan fingerprint density at radius 3 is 2.27 bits per heavy atom. The fraction of sp³-hybridized carbons (Fsp3) is 0.143. The standard InChI is InChI=1S/C21H20N4O4S/c1-22-20(28)24-18(26)17(14-9-5-3-6-10-14)29-19(27)16-13-23-21(30-2)25(16)15-11-7-4-8-12-15/h3-13,17H,1-2H3,(H2,22,24,26,28). The molecule has 1 unspecified atom stereocenters. The van der Waals surface area contributed by atoms with E-state index in [4.69, 9.17) is 4.74 Å². The summed E-state index contributed by atoms with van der Waals surface area (Å²) in [7, 11) is 1.38. The molecule has 3 aromatic rings. The van der Waals surface area contributed by atoms with Crippen LogP contribution in [-0.2, 0) is 9.53 Å². The number of ether oxygens (including phenoxy) is 1. The molecule has 30 heavy (non-hydrogen) atoms. The quantitative estimate of drug-likeness (QED) is 0.466. The number of nitrogens with zero attached hydrogens (tertiary/aromatic N) is 2. The molecule has 0 fully saturated rings. The monoisotopic (exact) mass is 424 g/mol. The number of carbonyl (C=O) groups is 3. The predicted molar refractivity (Wildman–Crippen MR) is 113 cm³/mol. The summed E-state index contributed by atoms with van der Waals surface area (Å²) in [5.41, 5.74) is 1.33. The molecule has 154 valence electrons. The highest BCUT2D eigenvalue weighted by Crippen LogP contribution is 2.25. The van der Waals surface area contributed by atoms with Crippen molar-refractivity contribution in [3.8, 4) is 5.69 Å². The molecule has 2 aromatic carbocycles. The molecule has 0 bridgehead atoms. The molecule has 0 saturated heterocycles. The van der Waals surface area contributed by atoms with Gasteiger partial charge in [-0.05, 0) is 18.4 Å². The molecule has 8 nitrogen and oxygen atoms in total. The number of hydrogen-bond donors (Lipinski definition) is 2. The first-order valence-electron chi connectivity index (χ1n) is 9.00. The minimum absolute atomic E-state index is 0.166. The molecule has 0 radical (unpaired) electrons. The second-order valence-electron chi connectivity index (χ2n) is 6.07. The highest BCUT2D eigenvalue weighted by atomic mass is 32.2. The number of imide groups is 1. The van der Waals surface area contributed by atoms with Gasteiger partial charge in [0.2, 0.25) is 6.10 Å². The van der Waals surface area contributed by atoms with Crippen molar-refractivity contribution in [2.45, 2.75) is 11.3 Å². The summed E-state index contributed by atoms with van der Waals surface area (Å²) < 4.78 is 7.21. The summed E-state index contributed by atoms with van der Waals surface area (Å²) >= 11 is 1.37. The Labute approximate surface area is 177 Å². The van der Waals surface area contributed by atoms with Crippen molar-refractivity contribution >= 4 is 29.7 Å². The van der Waals surface area contributed by atoms with Gasteiger partial charge in [-0.1, -0.05) is 60.3 Å². The minimum atomic E-state index is -1.31. The van der Waals surface area contributed by atoms with Crippen LogP contribution in [0.3, 0.4) is 0 Å². The van der Waals surface area contributed by atoms with Gasteiger partial charge in [0.15, 0.2) is 10.9 Å². The Hall–Kier alpha value is -3.59. The number of urea groups is 1. The van der Waals surface area contributed by atoms with Crippen molar-refractivity contribution in [3.05, 3.63) is 78.1 Å². The number of rotatable bonds is 6. The lowest BCUT2D eigenvalue weighted by Crippen LogP contribution is -2.41. The molecule has 1 atom stereocenters. The van der Waals surface area contributed by atoms with Crippen LogP contribution in [0.5, 0.6) is 0 Å². The van der Waals surface area contributed by atoms with E-state index in [0.29, 0.717) is 10.7 Å². The van der Waals surface area contributed by atoms with Crippen molar-refractivity contribution in [1.29, 1.82) is 0 Å². The van der Waals surface area contributed by atoms with E-state index >= 15 is 0 Å². The van der Waals surface area contributed by atoms with Crippen molar-refractivity contribution in [2.24, 2.45) is 0 Å². The van der Waals surface area contributed by atoms with E-state index in [1.165, 1.54) is 25.0 Å². The van der Waals surface area contributed by atoms with Crippen LogP contribution in [0.4, 0.5) is 4.79 Å². The van der Waals surface area contributed by atoms with Gasteiger partial charge in [0, 0.05) is 18.3 Å². The van der Waals surface area contributed by atoms with Crippen LogP contribution in [0, 0.1) is 0 Å². The largest absolute Gasteiger partial charge is 0.443 e. The van der Waals surface area contributed by atoms with E-state index in [9.17, 15) is 14.4 Å². The van der Waals surface area contributed by atoms with Crippen LogP contribution >= 0.6 is 11.8 Å². The zero-order chi connectivity index (χ0) is 21.5. The highest BCUT2D eigenvalue weighted by Gasteiger charge is 2.29. The van der Waals surface area contributed by atoms with Crippen LogP contribution in [0.1, 0.15) is 22.2 Å². The summed E-state index contributed by atoms with van der Waals surface area (Å²) in [4.78, 5) is 41.5. The number of amides is 3. The van der Waals surface area contributed by atoms with Crippen molar-refractivity contribution in [1.82, 2.24) is 20.2 Å². The number of nitrogens with one attached hydrogen (secondary N) is 2. The summed E-state index contributed by atoms with van der Waals surface area (Å²) in [5.74, 6) is -1.50. The van der Waals surface area contributed by atoms with Crippen LogP contribution in [0.15, 0.2) is 72.0 Å². The Morgan fingerprint density at radius 1 is 1.03 bits per heavy atom. The molecule has 0 aliphatic rings. The zero-order valence-electron chi connectivity index (χ0n) is 16.4. The first kappa shape index (κ1) is 21.1.